The molecule has 92 valence electrons. The first-order valence-corrected chi connectivity index (χ1v) is 5.80. The van der Waals surface area contributed by atoms with Crippen molar-refractivity contribution in [3.05, 3.63) is 18.0 Å². The molecule has 1 aromatic rings. The molecule has 0 saturated carbocycles. The van der Waals surface area contributed by atoms with Crippen molar-refractivity contribution in [1.29, 1.82) is 0 Å². The van der Waals surface area contributed by atoms with Crippen molar-refractivity contribution >= 4 is 0 Å². The highest BCUT2D eigenvalue weighted by molar-refractivity contribution is 4.99. The molecule has 16 heavy (non-hydrogen) atoms. The van der Waals surface area contributed by atoms with Crippen molar-refractivity contribution in [1.82, 2.24) is 15.1 Å². The van der Waals surface area contributed by atoms with E-state index < -0.39 is 0 Å². The van der Waals surface area contributed by atoms with Crippen molar-refractivity contribution in [3.63, 3.8) is 0 Å². The zero-order chi connectivity index (χ0) is 12.2. The van der Waals surface area contributed by atoms with E-state index in [9.17, 15) is 0 Å². The van der Waals surface area contributed by atoms with Crippen LogP contribution in [0.2, 0.25) is 0 Å². The number of aromatic nitrogens is 2. The Morgan fingerprint density at radius 3 is 2.69 bits per heavy atom. The van der Waals surface area contributed by atoms with Gasteiger partial charge in [0, 0.05) is 37.4 Å². The molecule has 0 amide bonds. The Hall–Kier alpha value is -0.870. The maximum Gasteiger partial charge on any atom is 0.0762 e. The minimum absolute atomic E-state index is 0.0688. The van der Waals surface area contributed by atoms with Gasteiger partial charge in [-0.15, -0.1) is 0 Å². The average Bonchev–Trinajstić information content (AvgIpc) is 2.66. The Labute approximate surface area is 97.7 Å². The second-order valence-electron chi connectivity index (χ2n) is 5.31. The lowest BCUT2D eigenvalue weighted by molar-refractivity contribution is 0.156. The molecule has 1 rings (SSSR count). The Morgan fingerprint density at radius 2 is 2.19 bits per heavy atom. The molecule has 0 aromatic carbocycles. The molecule has 0 atom stereocenters. The van der Waals surface area contributed by atoms with Crippen LogP contribution >= 0.6 is 0 Å². The zero-order valence-corrected chi connectivity index (χ0v) is 10.7. The molecule has 4 heteroatoms. The zero-order valence-electron chi connectivity index (χ0n) is 10.7. The molecule has 0 saturated heterocycles. The summed E-state index contributed by atoms with van der Waals surface area (Å²) in [5, 5.41) is 16.9. The van der Waals surface area contributed by atoms with Crippen LogP contribution < -0.4 is 5.32 Å². The molecule has 0 aliphatic rings. The van der Waals surface area contributed by atoms with Gasteiger partial charge in [-0.25, -0.2) is 0 Å². The second kappa shape index (κ2) is 5.46. The number of rotatable bonds is 6. The summed E-state index contributed by atoms with van der Waals surface area (Å²) < 4.78 is 1.95. The predicted octanol–water partition coefficient (Wildman–Crippen LogP) is 1.57. The fourth-order valence-electron chi connectivity index (χ4n) is 1.34. The number of aliphatic hydroxyl groups is 1. The minimum Gasteiger partial charge on any atom is -0.396 e. The van der Waals surface area contributed by atoms with Gasteiger partial charge < -0.3 is 10.4 Å². The van der Waals surface area contributed by atoms with Gasteiger partial charge in [-0.3, -0.25) is 4.68 Å². The first kappa shape index (κ1) is 13.2. The van der Waals surface area contributed by atoms with E-state index >= 15 is 0 Å². The first-order chi connectivity index (χ1) is 7.44. The fraction of sp³-hybridized carbons (Fsp3) is 0.750. The largest absolute Gasteiger partial charge is 0.396 e. The number of hydrogen-bond acceptors (Lipinski definition) is 3. The molecule has 2 N–H and O–H groups in total. The van der Waals surface area contributed by atoms with Crippen LogP contribution in [0.25, 0.3) is 0 Å². The summed E-state index contributed by atoms with van der Waals surface area (Å²) in [6, 6.07) is 2.43. The van der Waals surface area contributed by atoms with E-state index in [1.165, 1.54) is 0 Å². The Kier molecular flexibility index (Phi) is 4.50. The summed E-state index contributed by atoms with van der Waals surface area (Å²) >= 11 is 0. The highest BCUT2D eigenvalue weighted by Gasteiger charge is 2.15. The smallest absolute Gasteiger partial charge is 0.0762 e. The van der Waals surface area contributed by atoms with Gasteiger partial charge in [0.25, 0.3) is 0 Å². The molecule has 0 radical (unpaired) electrons. The van der Waals surface area contributed by atoms with Crippen LogP contribution in [0.1, 0.15) is 39.4 Å². The lowest BCUT2D eigenvalue weighted by Crippen LogP contribution is -2.32. The maximum absolute atomic E-state index is 9.11. The van der Waals surface area contributed by atoms with E-state index in [4.69, 9.17) is 5.11 Å². The van der Waals surface area contributed by atoms with E-state index in [0.29, 0.717) is 6.04 Å². The summed E-state index contributed by atoms with van der Waals surface area (Å²) in [6.07, 6.45) is 2.00. The topological polar surface area (TPSA) is 50.1 Å². The van der Waals surface area contributed by atoms with Gasteiger partial charge in [0.15, 0.2) is 0 Å². The molecule has 0 fully saturated rings. The van der Waals surface area contributed by atoms with E-state index in [0.717, 1.165) is 18.8 Å². The number of hydrogen-bond donors (Lipinski definition) is 2. The van der Waals surface area contributed by atoms with E-state index in [1.807, 2.05) is 30.8 Å². The standard InChI is InChI=1S/C12H23N3O/c1-10(2)15-6-5-11(14-15)7-13-8-12(3,4)9-16/h5-6,10,13,16H,7-9H2,1-4H3. The summed E-state index contributed by atoms with van der Waals surface area (Å²) in [5.41, 5.74) is 0.975. The number of nitrogens with one attached hydrogen (secondary N) is 1. The molecule has 1 heterocycles. The average molecular weight is 225 g/mol. The van der Waals surface area contributed by atoms with Crippen LogP contribution in [-0.4, -0.2) is 28.0 Å². The third kappa shape index (κ3) is 3.94. The monoisotopic (exact) mass is 225 g/mol. The van der Waals surface area contributed by atoms with Crippen molar-refractivity contribution in [2.24, 2.45) is 5.41 Å². The number of aliphatic hydroxyl groups excluding tert-OH is 1. The van der Waals surface area contributed by atoms with E-state index in [-0.39, 0.29) is 12.0 Å². The Bertz CT molecular complexity index is 318. The first-order valence-electron chi connectivity index (χ1n) is 5.80. The highest BCUT2D eigenvalue weighted by atomic mass is 16.3. The van der Waals surface area contributed by atoms with Crippen molar-refractivity contribution in [2.45, 2.75) is 40.3 Å². The predicted molar refractivity (Wildman–Crippen MR) is 65.2 cm³/mol. The van der Waals surface area contributed by atoms with Gasteiger partial charge in [0.2, 0.25) is 0 Å². The van der Waals surface area contributed by atoms with Gasteiger partial charge in [0.1, 0.15) is 0 Å². The molecular formula is C12H23N3O. The molecular weight excluding hydrogens is 202 g/mol. The minimum atomic E-state index is -0.0688. The highest BCUT2D eigenvalue weighted by Crippen LogP contribution is 2.11. The SMILES string of the molecule is CC(C)n1ccc(CNCC(C)(C)CO)n1. The third-order valence-corrected chi connectivity index (χ3v) is 2.53. The van der Waals surface area contributed by atoms with E-state index in [1.54, 1.807) is 0 Å². The number of nitrogens with zero attached hydrogens (tertiary/aromatic N) is 2. The van der Waals surface area contributed by atoms with Gasteiger partial charge in [-0.05, 0) is 19.9 Å². The van der Waals surface area contributed by atoms with Crippen molar-refractivity contribution in [3.8, 4) is 0 Å². The molecule has 1 aromatic heterocycles. The van der Waals surface area contributed by atoms with Gasteiger partial charge in [-0.2, -0.15) is 5.10 Å². The Morgan fingerprint density at radius 1 is 1.50 bits per heavy atom. The van der Waals surface area contributed by atoms with Crippen LogP contribution in [0, 0.1) is 5.41 Å². The third-order valence-electron chi connectivity index (χ3n) is 2.53. The lowest BCUT2D eigenvalue weighted by Gasteiger charge is -2.21. The normalized spacial score (nSPS) is 12.4. The Balaban J connectivity index is 2.37. The fourth-order valence-corrected chi connectivity index (χ4v) is 1.34. The van der Waals surface area contributed by atoms with Gasteiger partial charge in [0.05, 0.1) is 5.69 Å². The van der Waals surface area contributed by atoms with Crippen LogP contribution in [0.3, 0.4) is 0 Å². The van der Waals surface area contributed by atoms with Crippen molar-refractivity contribution in [2.75, 3.05) is 13.2 Å². The summed E-state index contributed by atoms with van der Waals surface area (Å²) in [4.78, 5) is 0. The van der Waals surface area contributed by atoms with E-state index in [2.05, 4.69) is 24.3 Å². The van der Waals surface area contributed by atoms with Crippen LogP contribution in [0.4, 0.5) is 0 Å². The summed E-state index contributed by atoms with van der Waals surface area (Å²) in [6.45, 7) is 10.0. The second-order valence-corrected chi connectivity index (χ2v) is 5.31. The molecule has 0 aliphatic heterocycles. The van der Waals surface area contributed by atoms with Crippen molar-refractivity contribution < 1.29 is 5.11 Å². The lowest BCUT2D eigenvalue weighted by atomic mass is 9.95. The van der Waals surface area contributed by atoms with Crippen LogP contribution in [0.15, 0.2) is 12.3 Å². The summed E-state index contributed by atoms with van der Waals surface area (Å²) in [5.74, 6) is 0. The quantitative estimate of drug-likeness (QED) is 0.772. The molecule has 0 spiro atoms. The molecule has 0 bridgehead atoms. The summed E-state index contributed by atoms with van der Waals surface area (Å²) in [7, 11) is 0. The molecule has 4 nitrogen and oxygen atoms in total. The molecule has 0 unspecified atom stereocenters. The van der Waals surface area contributed by atoms with Crippen LogP contribution in [0.5, 0.6) is 0 Å². The van der Waals surface area contributed by atoms with Gasteiger partial charge >= 0.3 is 0 Å². The molecule has 0 aliphatic carbocycles. The van der Waals surface area contributed by atoms with Gasteiger partial charge in [-0.1, -0.05) is 13.8 Å². The van der Waals surface area contributed by atoms with Crippen LogP contribution in [-0.2, 0) is 6.54 Å². The maximum atomic E-state index is 9.11.